The number of rotatable bonds is 10. The summed E-state index contributed by atoms with van der Waals surface area (Å²) in [7, 11) is 1.77. The number of anilines is 1. The minimum atomic E-state index is -0.618. The van der Waals surface area contributed by atoms with Gasteiger partial charge in [0.05, 0.1) is 13.1 Å². The van der Waals surface area contributed by atoms with Gasteiger partial charge < -0.3 is 19.9 Å². The zero-order valence-corrected chi connectivity index (χ0v) is 26.6. The number of amides is 3. The molecular formula is C33H42ClN5O4. The highest BCUT2D eigenvalue weighted by Gasteiger charge is 2.28. The van der Waals surface area contributed by atoms with Crippen molar-refractivity contribution < 1.29 is 19.1 Å². The van der Waals surface area contributed by atoms with E-state index in [-0.39, 0.29) is 37.5 Å². The van der Waals surface area contributed by atoms with Crippen LogP contribution < -0.4 is 10.2 Å². The predicted octanol–water partition coefficient (Wildman–Crippen LogP) is 5.45. The standard InChI is InChI=1S/C33H42ClN5O4/c1-23(2)39(32(42)43-33(3,4)5)18-17-35-30(40)21-37(29-16-15-28(34)26-13-9-10-14-27(26)29)22-31(41)36(6)38-19-24-11-7-8-12-25(24)20-38/h7-16,23H,17-22H2,1-6H3,(H,35,40). The summed E-state index contributed by atoms with van der Waals surface area (Å²) >= 11 is 6.49. The first-order valence-electron chi connectivity index (χ1n) is 14.6. The van der Waals surface area contributed by atoms with Gasteiger partial charge in [0.15, 0.2) is 0 Å². The number of nitrogens with zero attached hydrogens (tertiary/aromatic N) is 4. The molecule has 0 spiro atoms. The van der Waals surface area contributed by atoms with Crippen LogP contribution in [-0.2, 0) is 27.4 Å². The molecule has 0 aliphatic carbocycles. The Bertz CT molecular complexity index is 1450. The molecule has 0 saturated heterocycles. The molecule has 1 N–H and O–H groups in total. The zero-order chi connectivity index (χ0) is 31.3. The van der Waals surface area contributed by atoms with Crippen LogP contribution in [0, 0.1) is 0 Å². The minimum Gasteiger partial charge on any atom is -0.444 e. The lowest BCUT2D eigenvalue weighted by molar-refractivity contribution is -0.145. The van der Waals surface area contributed by atoms with Crippen molar-refractivity contribution in [3.05, 3.63) is 76.8 Å². The topological polar surface area (TPSA) is 85.4 Å². The van der Waals surface area contributed by atoms with Gasteiger partial charge in [0, 0.05) is 60.8 Å². The molecule has 3 aromatic carbocycles. The number of benzene rings is 3. The van der Waals surface area contributed by atoms with Crippen molar-refractivity contribution in [3.63, 3.8) is 0 Å². The van der Waals surface area contributed by atoms with Gasteiger partial charge >= 0.3 is 6.09 Å². The van der Waals surface area contributed by atoms with E-state index in [0.717, 1.165) is 16.5 Å². The van der Waals surface area contributed by atoms with Crippen LogP contribution in [0.3, 0.4) is 0 Å². The van der Waals surface area contributed by atoms with E-state index < -0.39 is 11.7 Å². The highest BCUT2D eigenvalue weighted by atomic mass is 35.5. The van der Waals surface area contributed by atoms with E-state index >= 15 is 0 Å². The van der Waals surface area contributed by atoms with Crippen molar-refractivity contribution in [2.45, 2.75) is 59.4 Å². The van der Waals surface area contributed by atoms with Gasteiger partial charge in [-0.25, -0.2) is 9.80 Å². The number of hydrogen-bond donors (Lipinski definition) is 1. The normalized spacial score (nSPS) is 13.1. The fourth-order valence-electron chi connectivity index (χ4n) is 5.12. The number of carbonyl (C=O) groups excluding carboxylic acids is 3. The quantitative estimate of drug-likeness (QED) is 0.330. The van der Waals surface area contributed by atoms with E-state index in [9.17, 15) is 14.4 Å². The van der Waals surface area contributed by atoms with E-state index in [1.165, 1.54) is 11.1 Å². The van der Waals surface area contributed by atoms with Crippen LogP contribution in [0.15, 0.2) is 60.7 Å². The smallest absolute Gasteiger partial charge is 0.410 e. The molecule has 3 amide bonds. The predicted molar refractivity (Wildman–Crippen MR) is 171 cm³/mol. The van der Waals surface area contributed by atoms with Crippen molar-refractivity contribution in [3.8, 4) is 0 Å². The van der Waals surface area contributed by atoms with Crippen molar-refractivity contribution in [2.24, 2.45) is 0 Å². The molecule has 0 saturated carbocycles. The van der Waals surface area contributed by atoms with E-state index in [0.29, 0.717) is 24.7 Å². The summed E-state index contributed by atoms with van der Waals surface area (Å²) in [6, 6.07) is 19.4. The molecule has 230 valence electrons. The number of fused-ring (bicyclic) bond motifs is 2. The molecule has 4 rings (SSSR count). The SMILES string of the molecule is CC(C)N(CCNC(=O)CN(CC(=O)N(C)N1Cc2ccccc2C1)c1ccc(Cl)c2ccccc12)C(=O)OC(C)(C)C. The monoisotopic (exact) mass is 607 g/mol. The molecule has 0 unspecified atom stereocenters. The molecule has 1 heterocycles. The lowest BCUT2D eigenvalue weighted by atomic mass is 10.1. The van der Waals surface area contributed by atoms with Crippen LogP contribution in [0.5, 0.6) is 0 Å². The Labute approximate surface area is 259 Å². The summed E-state index contributed by atoms with van der Waals surface area (Å²) in [4.78, 5) is 43.0. The maximum Gasteiger partial charge on any atom is 0.410 e. The molecule has 0 aromatic heterocycles. The summed E-state index contributed by atoms with van der Waals surface area (Å²) in [5, 5.41) is 8.85. The molecule has 10 heteroatoms. The molecule has 9 nitrogen and oxygen atoms in total. The van der Waals surface area contributed by atoms with Gasteiger partial charge in [-0.15, -0.1) is 0 Å². The Morgan fingerprint density at radius 3 is 2.14 bits per heavy atom. The fraction of sp³-hybridized carbons (Fsp3) is 0.424. The van der Waals surface area contributed by atoms with E-state index in [2.05, 4.69) is 17.4 Å². The number of carbonyl (C=O) groups is 3. The van der Waals surface area contributed by atoms with Crippen LogP contribution in [0.2, 0.25) is 5.02 Å². The fourth-order valence-corrected chi connectivity index (χ4v) is 5.35. The van der Waals surface area contributed by atoms with Gasteiger partial charge in [-0.05, 0) is 57.9 Å². The molecule has 43 heavy (non-hydrogen) atoms. The van der Waals surface area contributed by atoms with Gasteiger partial charge in [-0.2, -0.15) is 0 Å². The third kappa shape index (κ3) is 8.18. The lowest BCUT2D eigenvalue weighted by Gasteiger charge is -2.32. The molecule has 0 atom stereocenters. The van der Waals surface area contributed by atoms with Crippen LogP contribution >= 0.6 is 11.6 Å². The van der Waals surface area contributed by atoms with Crippen molar-refractivity contribution in [1.29, 1.82) is 0 Å². The van der Waals surface area contributed by atoms with Gasteiger partial charge in [0.1, 0.15) is 5.60 Å². The number of hydrazine groups is 1. The van der Waals surface area contributed by atoms with Crippen molar-refractivity contribution in [1.82, 2.24) is 20.2 Å². The summed E-state index contributed by atoms with van der Waals surface area (Å²) in [5.74, 6) is -0.411. The van der Waals surface area contributed by atoms with Crippen LogP contribution in [0.4, 0.5) is 10.5 Å². The average molecular weight is 608 g/mol. The van der Waals surface area contributed by atoms with Gasteiger partial charge in [0.25, 0.3) is 5.91 Å². The largest absolute Gasteiger partial charge is 0.444 e. The summed E-state index contributed by atoms with van der Waals surface area (Å²) < 4.78 is 5.53. The highest BCUT2D eigenvalue weighted by Crippen LogP contribution is 2.32. The van der Waals surface area contributed by atoms with Crippen molar-refractivity contribution in [2.75, 3.05) is 38.1 Å². The second-order valence-electron chi connectivity index (χ2n) is 12.1. The van der Waals surface area contributed by atoms with E-state index in [1.54, 1.807) is 27.9 Å². The van der Waals surface area contributed by atoms with Crippen molar-refractivity contribution >= 4 is 46.0 Å². The third-order valence-corrected chi connectivity index (χ3v) is 7.71. The van der Waals surface area contributed by atoms with Crippen LogP contribution in [0.1, 0.15) is 45.7 Å². The minimum absolute atomic E-state index is 0.0155. The molecule has 1 aliphatic rings. The van der Waals surface area contributed by atoms with Gasteiger partial charge in [-0.3, -0.25) is 14.6 Å². The average Bonchev–Trinajstić information content (AvgIpc) is 3.38. The first-order chi connectivity index (χ1) is 20.3. The maximum atomic E-state index is 13.6. The van der Waals surface area contributed by atoms with Crippen LogP contribution in [-0.4, -0.2) is 77.7 Å². The third-order valence-electron chi connectivity index (χ3n) is 7.38. The summed E-state index contributed by atoms with van der Waals surface area (Å²) in [5.41, 5.74) is 2.51. The molecule has 0 fully saturated rings. The molecule has 1 aliphatic heterocycles. The molecule has 3 aromatic rings. The second-order valence-corrected chi connectivity index (χ2v) is 12.5. The first kappa shape index (κ1) is 32.1. The van der Waals surface area contributed by atoms with Gasteiger partial charge in [0.2, 0.25) is 5.91 Å². The number of hydrogen-bond acceptors (Lipinski definition) is 6. The Kier molecular flexibility index (Phi) is 10.2. The number of nitrogens with one attached hydrogen (secondary N) is 1. The Morgan fingerprint density at radius 2 is 1.53 bits per heavy atom. The Hall–Kier alpha value is -3.82. The number of halogens is 1. The lowest BCUT2D eigenvalue weighted by Crippen LogP contribution is -2.49. The molecule has 0 bridgehead atoms. The molecule has 0 radical (unpaired) electrons. The maximum absolute atomic E-state index is 13.6. The highest BCUT2D eigenvalue weighted by molar-refractivity contribution is 6.36. The van der Waals surface area contributed by atoms with E-state index in [1.807, 2.05) is 82.1 Å². The zero-order valence-electron chi connectivity index (χ0n) is 25.9. The first-order valence-corrected chi connectivity index (χ1v) is 15.0. The van der Waals surface area contributed by atoms with Gasteiger partial charge in [-0.1, -0.05) is 60.1 Å². The summed E-state index contributed by atoms with van der Waals surface area (Å²) in [6.45, 7) is 11.0. The number of likely N-dealkylation sites (N-methyl/N-ethyl adjacent to an activating group) is 1. The summed E-state index contributed by atoms with van der Waals surface area (Å²) in [6.07, 6.45) is -0.427. The molecular weight excluding hydrogens is 566 g/mol. The van der Waals surface area contributed by atoms with E-state index in [4.69, 9.17) is 16.3 Å². The van der Waals surface area contributed by atoms with Crippen LogP contribution in [0.25, 0.3) is 10.8 Å². The second kappa shape index (κ2) is 13.7. The number of ether oxygens (including phenoxy) is 1. The Morgan fingerprint density at radius 1 is 0.930 bits per heavy atom. The Balaban J connectivity index is 1.48.